The van der Waals surface area contributed by atoms with Gasteiger partial charge < -0.3 is 20.3 Å². The van der Waals surface area contributed by atoms with E-state index in [0.29, 0.717) is 23.5 Å². The summed E-state index contributed by atoms with van der Waals surface area (Å²) in [4.78, 5) is 11.6. The maximum absolute atomic E-state index is 11.6. The van der Waals surface area contributed by atoms with Gasteiger partial charge in [0.25, 0.3) is 0 Å². The number of carbonyl (C=O) groups excluding carboxylic acids is 1. The van der Waals surface area contributed by atoms with Gasteiger partial charge in [-0.05, 0) is 54.3 Å². The van der Waals surface area contributed by atoms with E-state index in [0.717, 1.165) is 31.5 Å². The predicted molar refractivity (Wildman–Crippen MR) is 116 cm³/mol. The number of phenolic OH excluding ortho intramolecular Hbond substituents is 2. The van der Waals surface area contributed by atoms with Crippen molar-refractivity contribution in [3.05, 3.63) is 77.9 Å². The standard InChI is InChI=1S/C25H25NO4/c27-16-23-22(18-6-8-20(28)9-7-18)13-21(14-24(23)29)30-25-10-11-26-15-19(25)12-17-4-2-1-3-5-17/h1-9,13-14,16,19,25-26,28-29H,10-12,15H2. The van der Waals surface area contributed by atoms with Crippen LogP contribution in [0.2, 0.25) is 0 Å². The number of benzene rings is 3. The highest BCUT2D eigenvalue weighted by atomic mass is 16.5. The Kier molecular flexibility index (Phi) is 6.00. The molecule has 3 aromatic rings. The number of rotatable bonds is 6. The lowest BCUT2D eigenvalue weighted by atomic mass is 9.89. The quantitative estimate of drug-likeness (QED) is 0.538. The Balaban J connectivity index is 1.61. The second kappa shape index (κ2) is 9.01. The minimum absolute atomic E-state index is 0.000560. The van der Waals surface area contributed by atoms with Crippen molar-refractivity contribution < 1.29 is 19.7 Å². The Hall–Kier alpha value is -3.31. The van der Waals surface area contributed by atoms with Crippen LogP contribution in [0.25, 0.3) is 11.1 Å². The van der Waals surface area contributed by atoms with Gasteiger partial charge in [0.1, 0.15) is 23.4 Å². The minimum Gasteiger partial charge on any atom is -0.508 e. The minimum atomic E-state index is -0.112. The fourth-order valence-corrected chi connectivity index (χ4v) is 4.03. The van der Waals surface area contributed by atoms with Crippen molar-refractivity contribution in [3.8, 4) is 28.4 Å². The van der Waals surface area contributed by atoms with Crippen molar-refractivity contribution >= 4 is 6.29 Å². The van der Waals surface area contributed by atoms with Crippen LogP contribution in [0.4, 0.5) is 0 Å². The first-order valence-electron chi connectivity index (χ1n) is 10.2. The Morgan fingerprint density at radius 1 is 1.03 bits per heavy atom. The monoisotopic (exact) mass is 403 g/mol. The fourth-order valence-electron chi connectivity index (χ4n) is 4.03. The summed E-state index contributed by atoms with van der Waals surface area (Å²) < 4.78 is 6.34. The molecule has 154 valence electrons. The van der Waals surface area contributed by atoms with E-state index in [1.807, 2.05) is 18.2 Å². The van der Waals surface area contributed by atoms with Crippen LogP contribution in [-0.2, 0) is 6.42 Å². The summed E-state index contributed by atoms with van der Waals surface area (Å²) in [7, 11) is 0. The van der Waals surface area contributed by atoms with Crippen molar-refractivity contribution in [2.24, 2.45) is 5.92 Å². The van der Waals surface area contributed by atoms with Gasteiger partial charge in [-0.3, -0.25) is 4.79 Å². The molecular weight excluding hydrogens is 378 g/mol. The van der Waals surface area contributed by atoms with E-state index >= 15 is 0 Å². The molecule has 0 amide bonds. The average molecular weight is 403 g/mol. The van der Waals surface area contributed by atoms with Gasteiger partial charge in [0.2, 0.25) is 0 Å². The topological polar surface area (TPSA) is 78.8 Å². The second-order valence-corrected chi connectivity index (χ2v) is 7.67. The van der Waals surface area contributed by atoms with E-state index in [1.54, 1.807) is 30.3 Å². The van der Waals surface area contributed by atoms with E-state index in [4.69, 9.17) is 4.74 Å². The highest BCUT2D eigenvalue weighted by molar-refractivity contribution is 5.91. The molecule has 2 atom stereocenters. The molecule has 0 bridgehead atoms. The van der Waals surface area contributed by atoms with Gasteiger partial charge in [-0.1, -0.05) is 42.5 Å². The number of carbonyl (C=O) groups is 1. The molecule has 0 spiro atoms. The third-order valence-corrected chi connectivity index (χ3v) is 5.59. The lowest BCUT2D eigenvalue weighted by Gasteiger charge is -2.33. The van der Waals surface area contributed by atoms with E-state index in [-0.39, 0.29) is 23.2 Å². The third-order valence-electron chi connectivity index (χ3n) is 5.59. The van der Waals surface area contributed by atoms with Gasteiger partial charge in [0.05, 0.1) is 5.56 Å². The van der Waals surface area contributed by atoms with Crippen LogP contribution in [-0.4, -0.2) is 35.7 Å². The van der Waals surface area contributed by atoms with Crippen LogP contribution in [0.3, 0.4) is 0 Å². The molecule has 5 heteroatoms. The van der Waals surface area contributed by atoms with Crippen LogP contribution in [0.1, 0.15) is 22.3 Å². The Morgan fingerprint density at radius 3 is 2.53 bits per heavy atom. The largest absolute Gasteiger partial charge is 0.508 e. The highest BCUT2D eigenvalue weighted by Gasteiger charge is 2.27. The molecule has 30 heavy (non-hydrogen) atoms. The van der Waals surface area contributed by atoms with Crippen LogP contribution >= 0.6 is 0 Å². The lowest BCUT2D eigenvalue weighted by molar-refractivity contribution is 0.102. The molecule has 1 fully saturated rings. The molecule has 3 N–H and O–H groups in total. The van der Waals surface area contributed by atoms with Gasteiger partial charge in [0.15, 0.2) is 6.29 Å². The molecule has 0 saturated carbocycles. The summed E-state index contributed by atoms with van der Waals surface area (Å²) in [6, 6.07) is 20.2. The van der Waals surface area contributed by atoms with E-state index in [9.17, 15) is 15.0 Å². The number of ether oxygens (including phenoxy) is 1. The zero-order chi connectivity index (χ0) is 20.9. The van der Waals surface area contributed by atoms with Crippen molar-refractivity contribution in [1.29, 1.82) is 0 Å². The first-order chi connectivity index (χ1) is 14.6. The molecule has 1 aliphatic heterocycles. The number of aromatic hydroxyl groups is 2. The highest BCUT2D eigenvalue weighted by Crippen LogP contribution is 2.35. The number of nitrogens with one attached hydrogen (secondary N) is 1. The maximum atomic E-state index is 11.6. The van der Waals surface area contributed by atoms with Crippen LogP contribution in [0.15, 0.2) is 66.7 Å². The number of phenols is 2. The third kappa shape index (κ3) is 4.47. The van der Waals surface area contributed by atoms with Gasteiger partial charge >= 0.3 is 0 Å². The molecule has 5 nitrogen and oxygen atoms in total. The summed E-state index contributed by atoms with van der Waals surface area (Å²) in [5.41, 5.74) is 2.78. The zero-order valence-electron chi connectivity index (χ0n) is 16.6. The van der Waals surface area contributed by atoms with Crippen molar-refractivity contribution in [3.63, 3.8) is 0 Å². The maximum Gasteiger partial charge on any atom is 0.154 e. The molecule has 1 aliphatic rings. The van der Waals surface area contributed by atoms with Crippen molar-refractivity contribution in [2.75, 3.05) is 13.1 Å². The molecule has 3 aromatic carbocycles. The van der Waals surface area contributed by atoms with Crippen LogP contribution in [0, 0.1) is 5.92 Å². The van der Waals surface area contributed by atoms with Crippen LogP contribution < -0.4 is 10.1 Å². The van der Waals surface area contributed by atoms with E-state index in [1.165, 1.54) is 11.6 Å². The molecule has 4 rings (SSSR count). The molecule has 0 aromatic heterocycles. The van der Waals surface area contributed by atoms with Crippen molar-refractivity contribution in [1.82, 2.24) is 5.32 Å². The molecule has 0 aliphatic carbocycles. The molecule has 0 radical (unpaired) electrons. The smallest absolute Gasteiger partial charge is 0.154 e. The van der Waals surface area contributed by atoms with Crippen molar-refractivity contribution in [2.45, 2.75) is 18.9 Å². The summed E-state index contributed by atoms with van der Waals surface area (Å²) in [6.07, 6.45) is 2.41. The summed E-state index contributed by atoms with van der Waals surface area (Å²) >= 11 is 0. The number of aldehydes is 1. The lowest BCUT2D eigenvalue weighted by Crippen LogP contribution is -2.43. The first-order valence-corrected chi connectivity index (χ1v) is 10.2. The number of piperidine rings is 1. The predicted octanol–water partition coefficient (Wildman–Crippen LogP) is 4.18. The Bertz CT molecular complexity index is 1000. The van der Waals surface area contributed by atoms with E-state index in [2.05, 4.69) is 17.4 Å². The van der Waals surface area contributed by atoms with Gasteiger partial charge in [0, 0.05) is 18.5 Å². The summed E-state index contributed by atoms with van der Waals surface area (Å²) in [6.45, 7) is 1.74. The molecular formula is C25H25NO4. The number of hydrogen-bond acceptors (Lipinski definition) is 5. The normalized spacial score (nSPS) is 18.7. The summed E-state index contributed by atoms with van der Waals surface area (Å²) in [5.74, 6) is 0.859. The van der Waals surface area contributed by atoms with E-state index < -0.39 is 0 Å². The first kappa shape index (κ1) is 20.0. The SMILES string of the molecule is O=Cc1c(O)cc(OC2CCNCC2Cc2ccccc2)cc1-c1ccc(O)cc1. The molecule has 1 saturated heterocycles. The molecule has 1 heterocycles. The average Bonchev–Trinajstić information content (AvgIpc) is 2.76. The van der Waals surface area contributed by atoms with Gasteiger partial charge in [-0.2, -0.15) is 0 Å². The fraction of sp³-hybridized carbons (Fsp3) is 0.240. The molecule has 2 unspecified atom stereocenters. The zero-order valence-corrected chi connectivity index (χ0v) is 16.6. The van der Waals surface area contributed by atoms with Crippen LogP contribution in [0.5, 0.6) is 17.2 Å². The summed E-state index contributed by atoms with van der Waals surface area (Å²) in [5, 5.41) is 23.4. The second-order valence-electron chi connectivity index (χ2n) is 7.67. The van der Waals surface area contributed by atoms with Gasteiger partial charge in [-0.15, -0.1) is 0 Å². The Labute approximate surface area is 176 Å². The van der Waals surface area contributed by atoms with Gasteiger partial charge in [-0.25, -0.2) is 0 Å². The number of hydrogen-bond donors (Lipinski definition) is 3. The Morgan fingerprint density at radius 2 is 1.80 bits per heavy atom.